The molecule has 1 atom stereocenters. The molecule has 0 bridgehead atoms. The fourth-order valence-corrected chi connectivity index (χ4v) is 3.58. The van der Waals surface area contributed by atoms with Gasteiger partial charge in [-0.2, -0.15) is 5.26 Å². The van der Waals surface area contributed by atoms with Crippen LogP contribution in [-0.4, -0.2) is 21.4 Å². The number of nitro groups is 1. The molecular formula is C22H20Cl2N6O2. The Balaban J connectivity index is 1.98. The lowest BCUT2D eigenvalue weighted by atomic mass is 9.91. The molecule has 1 heterocycles. The van der Waals surface area contributed by atoms with Crippen LogP contribution in [0.4, 0.5) is 23.0 Å². The highest BCUT2D eigenvalue weighted by atomic mass is 35.5. The van der Waals surface area contributed by atoms with E-state index >= 15 is 0 Å². The number of aromatic nitrogens is 2. The Morgan fingerprint density at radius 2 is 1.88 bits per heavy atom. The number of hydrogen-bond acceptors (Lipinski definition) is 7. The molecule has 2 N–H and O–H groups in total. The van der Waals surface area contributed by atoms with Gasteiger partial charge in [-0.1, -0.05) is 48.3 Å². The van der Waals surface area contributed by atoms with Gasteiger partial charge in [-0.25, -0.2) is 9.97 Å². The zero-order valence-corrected chi connectivity index (χ0v) is 18.9. The lowest BCUT2D eigenvalue weighted by molar-refractivity contribution is -0.383. The normalized spacial score (nSPS) is 11.5. The predicted molar refractivity (Wildman–Crippen MR) is 126 cm³/mol. The maximum atomic E-state index is 11.7. The third kappa shape index (κ3) is 5.07. The number of nitrogens with one attached hydrogen (secondary N) is 2. The number of hydrogen-bond donors (Lipinski definition) is 2. The first kappa shape index (κ1) is 23.3. The predicted octanol–water partition coefficient (Wildman–Crippen LogP) is 6.22. The first-order valence-electron chi connectivity index (χ1n) is 9.81. The van der Waals surface area contributed by atoms with Crippen LogP contribution in [0.15, 0.2) is 42.7 Å². The molecule has 0 fully saturated rings. The molecule has 164 valence electrons. The molecule has 32 heavy (non-hydrogen) atoms. The van der Waals surface area contributed by atoms with Gasteiger partial charge in [0.1, 0.15) is 6.33 Å². The van der Waals surface area contributed by atoms with Crippen LogP contribution in [-0.2, 0) is 0 Å². The molecule has 0 aliphatic rings. The highest BCUT2D eigenvalue weighted by molar-refractivity contribution is 6.32. The van der Waals surface area contributed by atoms with Crippen molar-refractivity contribution >= 4 is 46.2 Å². The Morgan fingerprint density at radius 1 is 1.19 bits per heavy atom. The van der Waals surface area contributed by atoms with Crippen molar-refractivity contribution in [1.29, 1.82) is 5.26 Å². The summed E-state index contributed by atoms with van der Waals surface area (Å²) >= 11 is 12.5. The zero-order chi connectivity index (χ0) is 23.3. The van der Waals surface area contributed by atoms with Gasteiger partial charge >= 0.3 is 5.69 Å². The van der Waals surface area contributed by atoms with Crippen molar-refractivity contribution in [2.75, 3.05) is 17.2 Å². The van der Waals surface area contributed by atoms with E-state index in [9.17, 15) is 15.4 Å². The second-order valence-electron chi connectivity index (χ2n) is 7.03. The van der Waals surface area contributed by atoms with Gasteiger partial charge < -0.3 is 10.6 Å². The largest absolute Gasteiger partial charge is 0.364 e. The number of halogens is 2. The fourth-order valence-electron chi connectivity index (χ4n) is 3.18. The second-order valence-corrected chi connectivity index (χ2v) is 7.87. The van der Waals surface area contributed by atoms with Crippen molar-refractivity contribution in [1.82, 2.24) is 9.97 Å². The third-order valence-corrected chi connectivity index (χ3v) is 5.37. The van der Waals surface area contributed by atoms with E-state index in [1.165, 1.54) is 6.33 Å². The van der Waals surface area contributed by atoms with Crippen molar-refractivity contribution in [3.63, 3.8) is 0 Å². The molecule has 0 aliphatic heterocycles. The maximum absolute atomic E-state index is 11.7. The molecule has 8 nitrogen and oxygen atoms in total. The average molecular weight is 471 g/mol. The minimum absolute atomic E-state index is 0.0463. The first-order chi connectivity index (χ1) is 15.3. The molecule has 0 aliphatic carbocycles. The first-order valence-corrected chi connectivity index (χ1v) is 10.6. The average Bonchev–Trinajstić information content (AvgIpc) is 2.77. The monoisotopic (exact) mass is 470 g/mol. The summed E-state index contributed by atoms with van der Waals surface area (Å²) in [4.78, 5) is 19.2. The molecule has 2 aromatic carbocycles. The molecule has 0 amide bonds. The van der Waals surface area contributed by atoms with Gasteiger partial charge in [-0.3, -0.25) is 10.1 Å². The lowest BCUT2D eigenvalue weighted by Gasteiger charge is -2.16. The highest BCUT2D eigenvalue weighted by Crippen LogP contribution is 2.37. The quantitative estimate of drug-likeness (QED) is 0.296. The molecule has 0 radical (unpaired) electrons. The Morgan fingerprint density at radius 3 is 2.50 bits per heavy atom. The second kappa shape index (κ2) is 10.3. The van der Waals surface area contributed by atoms with E-state index < -0.39 is 10.8 Å². The SMILES string of the molecule is CCCNc1ncnc(Nc2cc(Cl)c(C(C#N)c3ccc(Cl)cc3)cc2C)c1[N+](=O)[O-]. The van der Waals surface area contributed by atoms with Crippen molar-refractivity contribution < 1.29 is 4.92 Å². The van der Waals surface area contributed by atoms with E-state index in [-0.39, 0.29) is 17.3 Å². The summed E-state index contributed by atoms with van der Waals surface area (Å²) in [5, 5.41) is 28.3. The molecule has 3 rings (SSSR count). The molecule has 1 unspecified atom stereocenters. The molecule has 0 saturated heterocycles. The highest BCUT2D eigenvalue weighted by Gasteiger charge is 2.24. The third-order valence-electron chi connectivity index (χ3n) is 4.79. The van der Waals surface area contributed by atoms with Crippen LogP contribution >= 0.6 is 23.2 Å². The van der Waals surface area contributed by atoms with Crippen LogP contribution in [0.5, 0.6) is 0 Å². The summed E-state index contributed by atoms with van der Waals surface area (Å²) in [5.41, 5.74) is 2.42. The van der Waals surface area contributed by atoms with Crippen molar-refractivity contribution in [3.8, 4) is 6.07 Å². The van der Waals surface area contributed by atoms with Gasteiger partial charge in [0.2, 0.25) is 11.6 Å². The van der Waals surface area contributed by atoms with E-state index in [2.05, 4.69) is 26.7 Å². The summed E-state index contributed by atoms with van der Waals surface area (Å²) in [6.07, 6.45) is 2.04. The van der Waals surface area contributed by atoms with E-state index in [0.717, 1.165) is 17.5 Å². The molecule has 0 spiro atoms. The van der Waals surface area contributed by atoms with Gasteiger partial charge in [0.05, 0.1) is 16.9 Å². The maximum Gasteiger partial charge on any atom is 0.353 e. The van der Waals surface area contributed by atoms with E-state index in [4.69, 9.17) is 23.2 Å². The number of aryl methyl sites for hydroxylation is 1. The molecule has 3 aromatic rings. The zero-order valence-electron chi connectivity index (χ0n) is 17.4. The number of nitrogens with zero attached hydrogens (tertiary/aromatic N) is 4. The van der Waals surface area contributed by atoms with E-state index in [1.54, 1.807) is 36.4 Å². The topological polar surface area (TPSA) is 117 Å². The minimum Gasteiger partial charge on any atom is -0.364 e. The van der Waals surface area contributed by atoms with Crippen molar-refractivity contribution in [2.45, 2.75) is 26.2 Å². The molecule has 10 heteroatoms. The minimum atomic E-state index is -0.592. The van der Waals surface area contributed by atoms with Crippen molar-refractivity contribution in [3.05, 3.63) is 79.6 Å². The summed E-state index contributed by atoms with van der Waals surface area (Å²) in [5.74, 6) is -0.405. The number of anilines is 3. The number of nitriles is 1. The summed E-state index contributed by atoms with van der Waals surface area (Å²) in [6, 6.07) is 12.7. The molecular weight excluding hydrogens is 451 g/mol. The van der Waals surface area contributed by atoms with Gasteiger partial charge in [0.25, 0.3) is 0 Å². The summed E-state index contributed by atoms with van der Waals surface area (Å²) in [7, 11) is 0. The van der Waals surface area contributed by atoms with Gasteiger partial charge in [0, 0.05) is 22.3 Å². The summed E-state index contributed by atoms with van der Waals surface area (Å²) < 4.78 is 0. The Bertz CT molecular complexity index is 1180. The Kier molecular flexibility index (Phi) is 7.46. The van der Waals surface area contributed by atoms with Crippen LogP contribution in [0.25, 0.3) is 0 Å². The van der Waals surface area contributed by atoms with Gasteiger partial charge in [-0.15, -0.1) is 0 Å². The van der Waals surface area contributed by atoms with E-state index in [1.807, 2.05) is 13.8 Å². The smallest absolute Gasteiger partial charge is 0.353 e. The summed E-state index contributed by atoms with van der Waals surface area (Å²) in [6.45, 7) is 4.31. The van der Waals surface area contributed by atoms with Crippen LogP contribution in [0, 0.1) is 28.4 Å². The Hall–Kier alpha value is -3.41. The van der Waals surface area contributed by atoms with Crippen molar-refractivity contribution in [2.24, 2.45) is 0 Å². The van der Waals surface area contributed by atoms with Gasteiger partial charge in [-0.05, 0) is 48.2 Å². The lowest BCUT2D eigenvalue weighted by Crippen LogP contribution is -2.09. The van der Waals surface area contributed by atoms with Crippen LogP contribution in [0.3, 0.4) is 0 Å². The van der Waals surface area contributed by atoms with Gasteiger partial charge in [0.15, 0.2) is 0 Å². The van der Waals surface area contributed by atoms with Crippen LogP contribution in [0.1, 0.15) is 36.0 Å². The van der Waals surface area contributed by atoms with Crippen LogP contribution < -0.4 is 10.6 Å². The fraction of sp³-hybridized carbons (Fsp3) is 0.227. The standard InChI is InChI=1S/C22H20Cl2N6O2/c1-3-8-26-21-20(30(31)32)22(28-12-27-21)29-19-10-18(24)16(9-13(19)2)17(11-25)14-4-6-15(23)7-5-14/h4-7,9-10,12,17H,3,8H2,1-2H3,(H2,26,27,28,29). The molecule has 1 aromatic heterocycles. The number of benzene rings is 2. The number of rotatable bonds is 8. The van der Waals surface area contributed by atoms with Crippen LogP contribution in [0.2, 0.25) is 10.0 Å². The Labute approximate surface area is 195 Å². The molecule has 0 saturated carbocycles. The van der Waals surface area contributed by atoms with E-state index in [0.29, 0.717) is 27.8 Å².